The maximum Gasteiger partial charge on any atom is 0.262 e. The molecule has 0 spiro atoms. The summed E-state index contributed by atoms with van der Waals surface area (Å²) in [5.41, 5.74) is 3.45. The topological polar surface area (TPSA) is 70.4 Å². The van der Waals surface area contributed by atoms with Gasteiger partial charge in [-0.2, -0.15) is 0 Å². The van der Waals surface area contributed by atoms with Gasteiger partial charge in [-0.25, -0.2) is 0 Å². The highest BCUT2D eigenvalue weighted by Gasteiger charge is 2.33. The predicted molar refractivity (Wildman–Crippen MR) is 118 cm³/mol. The van der Waals surface area contributed by atoms with E-state index < -0.39 is 0 Å². The molecule has 4 aromatic rings. The van der Waals surface area contributed by atoms with E-state index in [2.05, 4.69) is 4.98 Å². The van der Waals surface area contributed by atoms with E-state index in [-0.39, 0.29) is 11.3 Å². The Morgan fingerprint density at radius 1 is 0.903 bits per heavy atom. The van der Waals surface area contributed by atoms with Crippen LogP contribution in [0, 0.1) is 0 Å². The summed E-state index contributed by atoms with van der Waals surface area (Å²) < 4.78 is 12.7. The van der Waals surface area contributed by atoms with Gasteiger partial charge in [0.25, 0.3) is 5.56 Å². The van der Waals surface area contributed by atoms with E-state index in [1.54, 1.807) is 29.1 Å². The summed E-state index contributed by atoms with van der Waals surface area (Å²) in [5, 5.41) is 0.940. The van der Waals surface area contributed by atoms with Crippen LogP contribution in [0.25, 0.3) is 22.0 Å². The SMILES string of the molecule is COc1ccc2c3c(n(CCc4ccncc4)c(=O)c2c1OC)-c1ccccc1C3=O. The number of ether oxygens (including phenoxy) is 2. The Kier molecular flexibility index (Phi) is 4.55. The highest BCUT2D eigenvalue weighted by Crippen LogP contribution is 2.43. The number of hydrogen-bond donors (Lipinski definition) is 0. The molecule has 2 aromatic heterocycles. The molecule has 6 nitrogen and oxygen atoms in total. The summed E-state index contributed by atoms with van der Waals surface area (Å²) in [6, 6.07) is 14.8. The predicted octanol–water partition coefficient (Wildman–Crippen LogP) is 3.87. The van der Waals surface area contributed by atoms with Crippen molar-refractivity contribution in [2.45, 2.75) is 13.0 Å². The Morgan fingerprint density at radius 2 is 1.65 bits per heavy atom. The number of benzene rings is 2. The van der Waals surface area contributed by atoms with E-state index in [1.165, 1.54) is 14.2 Å². The van der Waals surface area contributed by atoms with Crippen LogP contribution >= 0.6 is 0 Å². The Bertz CT molecular complexity index is 1390. The van der Waals surface area contributed by atoms with Crippen LogP contribution in [-0.2, 0) is 13.0 Å². The first-order valence-corrected chi connectivity index (χ1v) is 10.00. The monoisotopic (exact) mass is 412 g/mol. The molecule has 2 aromatic carbocycles. The Hall–Kier alpha value is -3.93. The van der Waals surface area contributed by atoms with Gasteiger partial charge in [0.15, 0.2) is 17.3 Å². The van der Waals surface area contributed by atoms with Crippen LogP contribution in [-0.4, -0.2) is 29.6 Å². The minimum atomic E-state index is -0.206. The van der Waals surface area contributed by atoms with Crippen LogP contribution in [0.4, 0.5) is 0 Å². The van der Waals surface area contributed by atoms with Crippen molar-refractivity contribution in [2.24, 2.45) is 0 Å². The van der Waals surface area contributed by atoms with Crippen molar-refractivity contribution in [3.05, 3.63) is 88.0 Å². The van der Waals surface area contributed by atoms with E-state index >= 15 is 0 Å². The lowest BCUT2D eigenvalue weighted by Gasteiger charge is -2.17. The number of methoxy groups -OCH3 is 2. The van der Waals surface area contributed by atoms with Crippen LogP contribution in [0.5, 0.6) is 11.5 Å². The minimum absolute atomic E-state index is 0.0829. The van der Waals surface area contributed by atoms with Gasteiger partial charge >= 0.3 is 0 Å². The minimum Gasteiger partial charge on any atom is -0.493 e. The molecule has 0 N–H and O–H groups in total. The Morgan fingerprint density at radius 3 is 2.35 bits per heavy atom. The largest absolute Gasteiger partial charge is 0.493 e. The normalized spacial score (nSPS) is 12.0. The third kappa shape index (κ3) is 2.83. The van der Waals surface area contributed by atoms with Gasteiger partial charge in [-0.05, 0) is 36.2 Å². The Labute approximate surface area is 178 Å². The number of hydrogen-bond acceptors (Lipinski definition) is 5. The van der Waals surface area contributed by atoms with E-state index in [9.17, 15) is 9.59 Å². The summed E-state index contributed by atoms with van der Waals surface area (Å²) in [5.74, 6) is 0.713. The number of ketones is 1. The number of aromatic nitrogens is 2. The zero-order valence-electron chi connectivity index (χ0n) is 17.2. The average molecular weight is 412 g/mol. The van der Waals surface area contributed by atoms with Crippen LogP contribution in [0.3, 0.4) is 0 Å². The third-order valence-corrected chi connectivity index (χ3v) is 5.81. The van der Waals surface area contributed by atoms with E-state index in [0.717, 1.165) is 11.1 Å². The van der Waals surface area contributed by atoms with Crippen LogP contribution in [0.2, 0.25) is 0 Å². The fourth-order valence-corrected chi connectivity index (χ4v) is 4.38. The summed E-state index contributed by atoms with van der Waals surface area (Å²) in [6.45, 7) is 0.420. The fraction of sp³-hybridized carbons (Fsp3) is 0.160. The molecule has 0 saturated carbocycles. The molecule has 31 heavy (non-hydrogen) atoms. The van der Waals surface area contributed by atoms with Gasteiger partial charge in [-0.15, -0.1) is 0 Å². The van der Waals surface area contributed by atoms with Gasteiger partial charge in [0, 0.05) is 35.5 Å². The summed E-state index contributed by atoms with van der Waals surface area (Å²) in [6.07, 6.45) is 4.09. The molecule has 0 bridgehead atoms. The molecule has 0 unspecified atom stereocenters. The molecule has 5 rings (SSSR count). The number of carbonyl (C=O) groups excluding carboxylic acids is 1. The summed E-state index contributed by atoms with van der Waals surface area (Å²) in [4.78, 5) is 31.2. The molecule has 2 heterocycles. The maximum absolute atomic E-state index is 13.8. The Balaban J connectivity index is 1.83. The third-order valence-electron chi connectivity index (χ3n) is 5.81. The molecule has 0 saturated heterocycles. The van der Waals surface area contributed by atoms with Gasteiger partial charge in [0.2, 0.25) is 0 Å². The zero-order chi connectivity index (χ0) is 21.5. The average Bonchev–Trinajstić information content (AvgIpc) is 3.11. The van der Waals surface area contributed by atoms with E-state index in [1.807, 2.05) is 36.4 Å². The summed E-state index contributed by atoms with van der Waals surface area (Å²) in [7, 11) is 3.03. The summed E-state index contributed by atoms with van der Waals surface area (Å²) >= 11 is 0. The zero-order valence-corrected chi connectivity index (χ0v) is 17.2. The maximum atomic E-state index is 13.8. The van der Waals surface area contributed by atoms with E-state index in [0.29, 0.717) is 52.1 Å². The molecule has 154 valence electrons. The van der Waals surface area contributed by atoms with Crippen molar-refractivity contribution >= 4 is 16.6 Å². The number of aryl methyl sites for hydroxylation is 1. The van der Waals surface area contributed by atoms with Gasteiger partial charge < -0.3 is 14.0 Å². The molecule has 0 atom stereocenters. The van der Waals surface area contributed by atoms with E-state index in [4.69, 9.17) is 9.47 Å². The quantitative estimate of drug-likeness (QED) is 0.438. The molecule has 0 radical (unpaired) electrons. The molecular formula is C25H20N2O4. The van der Waals surface area contributed by atoms with Crippen molar-refractivity contribution in [3.63, 3.8) is 0 Å². The van der Waals surface area contributed by atoms with Crippen molar-refractivity contribution in [1.29, 1.82) is 0 Å². The van der Waals surface area contributed by atoms with Gasteiger partial charge in [-0.1, -0.05) is 24.3 Å². The second-order valence-corrected chi connectivity index (χ2v) is 7.38. The first kappa shape index (κ1) is 19.1. The number of fused-ring (bicyclic) bond motifs is 5. The number of pyridine rings is 2. The highest BCUT2D eigenvalue weighted by molar-refractivity contribution is 6.27. The molecule has 1 aliphatic rings. The molecule has 0 fully saturated rings. The molecule has 6 heteroatoms. The molecule has 0 aliphatic heterocycles. The molecular weight excluding hydrogens is 392 g/mol. The van der Waals surface area contributed by atoms with Crippen molar-refractivity contribution in [2.75, 3.05) is 14.2 Å². The second-order valence-electron chi connectivity index (χ2n) is 7.38. The second kappa shape index (κ2) is 7.40. The molecule has 1 aliphatic carbocycles. The number of carbonyl (C=O) groups is 1. The standard InChI is InChI=1S/C25H20N2O4/c1-30-19-8-7-18-20-22(16-5-3-4-6-17(16)23(20)28)27(25(29)21(18)24(19)31-2)14-11-15-9-12-26-13-10-15/h3-10,12-13H,11,14H2,1-2H3. The lowest BCUT2D eigenvalue weighted by atomic mass is 10.0. The van der Waals surface area contributed by atoms with Gasteiger partial charge in [-0.3, -0.25) is 14.6 Å². The van der Waals surface area contributed by atoms with Crippen LogP contribution < -0.4 is 15.0 Å². The van der Waals surface area contributed by atoms with Gasteiger partial charge in [0.1, 0.15) is 0 Å². The fourth-order valence-electron chi connectivity index (χ4n) is 4.38. The van der Waals surface area contributed by atoms with Crippen molar-refractivity contribution < 1.29 is 14.3 Å². The molecule has 0 amide bonds. The lowest BCUT2D eigenvalue weighted by Crippen LogP contribution is -2.25. The van der Waals surface area contributed by atoms with Gasteiger partial charge in [0.05, 0.1) is 30.9 Å². The van der Waals surface area contributed by atoms with Crippen LogP contribution in [0.15, 0.2) is 65.7 Å². The van der Waals surface area contributed by atoms with Crippen molar-refractivity contribution in [1.82, 2.24) is 9.55 Å². The smallest absolute Gasteiger partial charge is 0.262 e. The lowest BCUT2D eigenvalue weighted by molar-refractivity contribution is 0.104. The highest BCUT2D eigenvalue weighted by atomic mass is 16.5. The number of rotatable bonds is 5. The van der Waals surface area contributed by atoms with Crippen molar-refractivity contribution in [3.8, 4) is 22.8 Å². The first-order chi connectivity index (χ1) is 15.2. The van der Waals surface area contributed by atoms with Crippen LogP contribution in [0.1, 0.15) is 21.5 Å². The number of nitrogens with zero attached hydrogens (tertiary/aromatic N) is 2. The first-order valence-electron chi connectivity index (χ1n) is 10.00.